The summed E-state index contributed by atoms with van der Waals surface area (Å²) in [5, 5.41) is 20.7. The van der Waals surface area contributed by atoms with Crippen LogP contribution in [-0.4, -0.2) is 48.9 Å². The van der Waals surface area contributed by atoms with E-state index in [4.69, 9.17) is 16.6 Å². The number of anilines is 1. The van der Waals surface area contributed by atoms with E-state index in [0.717, 1.165) is 42.6 Å². The fraction of sp³-hybridized carbons (Fsp3) is 0.412. The second-order valence-corrected chi connectivity index (χ2v) is 6.91. The molecule has 0 saturated heterocycles. The van der Waals surface area contributed by atoms with Crippen LogP contribution in [0.1, 0.15) is 32.1 Å². The van der Waals surface area contributed by atoms with Crippen molar-refractivity contribution < 1.29 is 9.90 Å². The Morgan fingerprint density at radius 3 is 2.75 bits per heavy atom. The van der Waals surface area contributed by atoms with Crippen LogP contribution >= 0.6 is 0 Å². The van der Waals surface area contributed by atoms with Crippen molar-refractivity contribution in [3.05, 3.63) is 24.3 Å². The monoisotopic (exact) mass is 383 g/mol. The lowest BCUT2D eigenvalue weighted by molar-refractivity contribution is -0.138. The zero-order valence-corrected chi connectivity index (χ0v) is 15.2. The first-order chi connectivity index (χ1) is 13.5. The van der Waals surface area contributed by atoms with E-state index in [2.05, 4.69) is 25.4 Å². The molecule has 1 spiro atoms. The number of nitrogens with zero attached hydrogens (tertiary/aromatic N) is 7. The summed E-state index contributed by atoms with van der Waals surface area (Å²) in [4.78, 5) is 22.6. The van der Waals surface area contributed by atoms with E-state index in [0.29, 0.717) is 17.3 Å². The molecule has 146 valence electrons. The second kappa shape index (κ2) is 6.91. The highest BCUT2D eigenvalue weighted by molar-refractivity contribution is 6.05. The fourth-order valence-electron chi connectivity index (χ4n) is 3.83. The normalized spacial score (nSPS) is 18.6. The number of carboxylic acid groups (broad SMARTS) is 1. The lowest BCUT2D eigenvalue weighted by atomic mass is 9.87. The predicted octanol–water partition coefficient (Wildman–Crippen LogP) is 0.534. The molecular formula is C17H21N9O2. The maximum absolute atomic E-state index is 10.8. The van der Waals surface area contributed by atoms with Gasteiger partial charge in [-0.15, -0.1) is 10.2 Å². The minimum atomic E-state index is -1.04. The Labute approximate surface area is 160 Å². The molecule has 0 radical (unpaired) electrons. The Bertz CT molecular complexity index is 959. The maximum atomic E-state index is 10.8. The number of carboxylic acids is 1. The Morgan fingerprint density at radius 2 is 2.00 bits per heavy atom. The van der Waals surface area contributed by atoms with Gasteiger partial charge in [-0.05, 0) is 43.0 Å². The number of tetrazole rings is 1. The lowest BCUT2D eigenvalue weighted by Crippen LogP contribution is -2.58. The van der Waals surface area contributed by atoms with Gasteiger partial charge in [0, 0.05) is 11.3 Å². The summed E-state index contributed by atoms with van der Waals surface area (Å²) >= 11 is 0. The number of guanidine groups is 2. The molecule has 11 heteroatoms. The molecule has 2 aromatic rings. The van der Waals surface area contributed by atoms with Crippen LogP contribution < -0.4 is 16.4 Å². The van der Waals surface area contributed by atoms with Crippen LogP contribution in [-0.2, 0) is 11.3 Å². The van der Waals surface area contributed by atoms with E-state index in [1.807, 2.05) is 29.2 Å². The van der Waals surface area contributed by atoms with Gasteiger partial charge in [0.2, 0.25) is 17.7 Å². The third-order valence-corrected chi connectivity index (χ3v) is 4.94. The van der Waals surface area contributed by atoms with Gasteiger partial charge < -0.3 is 16.6 Å². The summed E-state index contributed by atoms with van der Waals surface area (Å²) in [5.74, 6) is -0.208. The first kappa shape index (κ1) is 17.9. The molecule has 1 aliphatic heterocycles. The fourth-order valence-corrected chi connectivity index (χ4v) is 3.83. The molecule has 2 heterocycles. The molecule has 28 heavy (non-hydrogen) atoms. The average Bonchev–Trinajstić information content (AvgIpc) is 3.09. The standard InChI is InChI=1S/C17H21N9O2/c18-15-20-16(19)26(17(21-15)7-2-1-3-8-17)12-6-4-5-11(9-12)14-22-24-25(23-14)10-13(27)28/h4-6,9H,1-3,7-8,10H2,(H,27,28)(H4,18,19,20,21). The van der Waals surface area contributed by atoms with Gasteiger partial charge in [0.1, 0.15) is 5.66 Å². The number of rotatable bonds is 4. The molecule has 1 aliphatic carbocycles. The minimum Gasteiger partial charge on any atom is -0.480 e. The molecule has 1 saturated carbocycles. The highest BCUT2D eigenvalue weighted by atomic mass is 16.4. The topological polar surface area (TPSA) is 161 Å². The van der Waals surface area contributed by atoms with Crippen molar-refractivity contribution in [2.24, 2.45) is 21.5 Å². The SMILES string of the molecule is NC1=NC2(CCCCC2)N(c2cccc(-c3nnn(CC(=O)O)n3)c2)C(N)=N1. The first-order valence-corrected chi connectivity index (χ1v) is 9.07. The Kier molecular flexibility index (Phi) is 4.41. The number of aliphatic carboxylic acids is 1. The van der Waals surface area contributed by atoms with Gasteiger partial charge in [0.15, 0.2) is 6.54 Å². The molecule has 0 unspecified atom stereocenters. The summed E-state index contributed by atoms with van der Waals surface area (Å²) in [6, 6.07) is 7.47. The van der Waals surface area contributed by atoms with Crippen LogP contribution in [0.3, 0.4) is 0 Å². The van der Waals surface area contributed by atoms with Crippen molar-refractivity contribution in [1.82, 2.24) is 20.2 Å². The van der Waals surface area contributed by atoms with E-state index < -0.39 is 11.6 Å². The van der Waals surface area contributed by atoms with E-state index >= 15 is 0 Å². The molecule has 11 nitrogen and oxygen atoms in total. The largest absolute Gasteiger partial charge is 0.480 e. The molecule has 0 amide bonds. The third-order valence-electron chi connectivity index (χ3n) is 4.94. The summed E-state index contributed by atoms with van der Waals surface area (Å²) < 4.78 is 0. The van der Waals surface area contributed by atoms with Crippen molar-refractivity contribution in [1.29, 1.82) is 0 Å². The van der Waals surface area contributed by atoms with Gasteiger partial charge >= 0.3 is 5.97 Å². The number of aromatic nitrogens is 4. The number of nitrogens with two attached hydrogens (primary N) is 2. The van der Waals surface area contributed by atoms with Crippen LogP contribution in [0.2, 0.25) is 0 Å². The van der Waals surface area contributed by atoms with E-state index in [1.54, 1.807) is 0 Å². The summed E-state index contributed by atoms with van der Waals surface area (Å²) in [5.41, 5.74) is 13.1. The minimum absolute atomic E-state index is 0.199. The first-order valence-electron chi connectivity index (χ1n) is 9.07. The van der Waals surface area contributed by atoms with Gasteiger partial charge in [-0.25, -0.2) is 4.99 Å². The maximum Gasteiger partial charge on any atom is 0.327 e. The number of aliphatic imine (C=N–C) groups is 2. The van der Waals surface area contributed by atoms with Crippen LogP contribution in [0.25, 0.3) is 11.4 Å². The van der Waals surface area contributed by atoms with E-state index in [1.165, 1.54) is 0 Å². The molecule has 0 atom stereocenters. The molecule has 1 aromatic carbocycles. The van der Waals surface area contributed by atoms with Crippen LogP contribution in [0.4, 0.5) is 5.69 Å². The Balaban J connectivity index is 1.71. The number of hydrogen-bond acceptors (Lipinski definition) is 9. The molecule has 1 fully saturated rings. The van der Waals surface area contributed by atoms with Gasteiger partial charge in [0.05, 0.1) is 0 Å². The summed E-state index contributed by atoms with van der Waals surface area (Å²) in [6.45, 7) is -0.352. The van der Waals surface area contributed by atoms with Gasteiger partial charge in [-0.1, -0.05) is 18.6 Å². The molecule has 1 aromatic heterocycles. The summed E-state index contributed by atoms with van der Waals surface area (Å²) in [6.07, 6.45) is 4.89. The molecule has 0 bridgehead atoms. The molecule has 4 rings (SSSR count). The highest BCUT2D eigenvalue weighted by Crippen LogP contribution is 2.40. The quantitative estimate of drug-likeness (QED) is 0.689. The number of carbonyl (C=O) groups is 1. The van der Waals surface area contributed by atoms with E-state index in [-0.39, 0.29) is 12.5 Å². The second-order valence-electron chi connectivity index (χ2n) is 6.91. The molecular weight excluding hydrogens is 362 g/mol. The van der Waals surface area contributed by atoms with Crippen LogP contribution in [0.15, 0.2) is 34.3 Å². The average molecular weight is 383 g/mol. The zero-order chi connectivity index (χ0) is 19.7. The smallest absolute Gasteiger partial charge is 0.327 e. The van der Waals surface area contributed by atoms with Crippen molar-refractivity contribution in [2.45, 2.75) is 44.3 Å². The highest BCUT2D eigenvalue weighted by Gasteiger charge is 2.42. The third kappa shape index (κ3) is 3.26. The van der Waals surface area contributed by atoms with Crippen LogP contribution in [0, 0.1) is 0 Å². The lowest BCUT2D eigenvalue weighted by Gasteiger charge is -2.45. The zero-order valence-electron chi connectivity index (χ0n) is 15.2. The predicted molar refractivity (Wildman–Crippen MR) is 102 cm³/mol. The summed E-state index contributed by atoms with van der Waals surface area (Å²) in [7, 11) is 0. The van der Waals surface area contributed by atoms with Gasteiger partial charge in [0.25, 0.3) is 0 Å². The van der Waals surface area contributed by atoms with Crippen LogP contribution in [0.5, 0.6) is 0 Å². The number of hydrogen-bond donors (Lipinski definition) is 3. The molecule has 2 aliphatic rings. The van der Waals surface area contributed by atoms with Crippen molar-refractivity contribution in [3.8, 4) is 11.4 Å². The van der Waals surface area contributed by atoms with Gasteiger partial charge in [-0.3, -0.25) is 9.69 Å². The van der Waals surface area contributed by atoms with Crippen molar-refractivity contribution >= 4 is 23.6 Å². The van der Waals surface area contributed by atoms with Crippen molar-refractivity contribution in [3.63, 3.8) is 0 Å². The molecule has 5 N–H and O–H groups in total. The van der Waals surface area contributed by atoms with Crippen molar-refractivity contribution in [2.75, 3.05) is 4.90 Å². The Hall–Kier alpha value is -3.50. The van der Waals surface area contributed by atoms with E-state index in [9.17, 15) is 4.79 Å². The number of benzene rings is 1. The van der Waals surface area contributed by atoms with Gasteiger partial charge in [-0.2, -0.15) is 9.79 Å². The Morgan fingerprint density at radius 1 is 1.21 bits per heavy atom.